The molecule has 1 aliphatic rings. The number of aryl methyl sites for hydroxylation is 1. The van der Waals surface area contributed by atoms with Crippen LogP contribution in [0.2, 0.25) is 0 Å². The molecule has 1 aromatic rings. The second kappa shape index (κ2) is 4.36. The molecule has 1 aliphatic heterocycles. The molecule has 1 unspecified atom stereocenters. The molecule has 1 fully saturated rings. The third-order valence-corrected chi connectivity index (χ3v) is 3.34. The van der Waals surface area contributed by atoms with E-state index in [0.717, 1.165) is 11.0 Å². The second-order valence-electron chi connectivity index (χ2n) is 4.62. The first-order chi connectivity index (χ1) is 8.71. The summed E-state index contributed by atoms with van der Waals surface area (Å²) in [5, 5.41) is 0. The maximum Gasteiger partial charge on any atom is 0.416 e. The first-order valence-electron chi connectivity index (χ1n) is 5.70. The van der Waals surface area contributed by atoms with E-state index < -0.39 is 17.7 Å². The number of nitrogens with zero attached hydrogens (tertiary/aromatic N) is 1. The van der Waals surface area contributed by atoms with Gasteiger partial charge in [0.1, 0.15) is 0 Å². The van der Waals surface area contributed by atoms with Gasteiger partial charge in [0.05, 0.1) is 11.5 Å². The number of carbonyl (C=O) groups excluding carboxylic acids is 2. The van der Waals surface area contributed by atoms with Crippen molar-refractivity contribution < 1.29 is 22.8 Å². The summed E-state index contributed by atoms with van der Waals surface area (Å²) < 4.78 is 37.9. The van der Waals surface area contributed by atoms with Crippen LogP contribution in [-0.4, -0.2) is 23.8 Å². The van der Waals surface area contributed by atoms with Gasteiger partial charge in [0.25, 0.3) is 0 Å². The molecule has 1 saturated heterocycles. The van der Waals surface area contributed by atoms with Gasteiger partial charge in [-0.1, -0.05) is 12.1 Å². The summed E-state index contributed by atoms with van der Waals surface area (Å²) in [4.78, 5) is 24.2. The fraction of sp³-hybridized carbons (Fsp3) is 0.385. The van der Waals surface area contributed by atoms with Crippen molar-refractivity contribution >= 4 is 11.8 Å². The molecule has 6 heteroatoms. The van der Waals surface area contributed by atoms with E-state index in [-0.39, 0.29) is 23.8 Å². The molecule has 0 aliphatic carbocycles. The molecule has 1 aromatic carbocycles. The molecular weight excluding hydrogens is 259 g/mol. The highest BCUT2D eigenvalue weighted by molar-refractivity contribution is 6.05. The lowest BCUT2D eigenvalue weighted by atomic mass is 9.94. The van der Waals surface area contributed by atoms with Gasteiger partial charge in [0.2, 0.25) is 11.8 Å². The predicted octanol–water partition coefficient (Wildman–Crippen LogP) is 2.49. The molecule has 0 radical (unpaired) electrons. The Balaban J connectivity index is 2.36. The van der Waals surface area contributed by atoms with Gasteiger partial charge in [-0.2, -0.15) is 13.2 Å². The van der Waals surface area contributed by atoms with Crippen LogP contribution in [0.15, 0.2) is 18.2 Å². The highest BCUT2D eigenvalue weighted by Gasteiger charge is 2.38. The van der Waals surface area contributed by atoms with E-state index in [1.54, 1.807) is 0 Å². The highest BCUT2D eigenvalue weighted by atomic mass is 19.4. The smallest absolute Gasteiger partial charge is 0.285 e. The van der Waals surface area contributed by atoms with Gasteiger partial charge in [-0.3, -0.25) is 14.5 Å². The molecule has 0 saturated carbocycles. The Kier molecular flexibility index (Phi) is 3.12. The summed E-state index contributed by atoms with van der Waals surface area (Å²) in [6.45, 7) is 1.34. The number of imide groups is 1. The quantitative estimate of drug-likeness (QED) is 0.736. The van der Waals surface area contributed by atoms with Crippen molar-refractivity contribution in [3.63, 3.8) is 0 Å². The van der Waals surface area contributed by atoms with Crippen LogP contribution in [-0.2, 0) is 15.8 Å². The molecule has 2 rings (SSSR count). The number of benzene rings is 1. The number of likely N-dealkylation sites (N-methyl/N-ethyl adjacent to an activating group) is 1. The minimum atomic E-state index is -4.41. The number of amides is 2. The Morgan fingerprint density at radius 2 is 1.89 bits per heavy atom. The molecule has 0 spiro atoms. The van der Waals surface area contributed by atoms with Gasteiger partial charge in [0.15, 0.2) is 0 Å². The average molecular weight is 271 g/mol. The van der Waals surface area contributed by atoms with Crippen LogP contribution in [0, 0.1) is 6.92 Å². The number of likely N-dealkylation sites (tertiary alicyclic amines) is 1. The van der Waals surface area contributed by atoms with Gasteiger partial charge in [-0.15, -0.1) is 0 Å². The van der Waals surface area contributed by atoms with E-state index in [1.807, 2.05) is 0 Å². The van der Waals surface area contributed by atoms with Crippen LogP contribution >= 0.6 is 0 Å². The van der Waals surface area contributed by atoms with Crippen LogP contribution in [0.1, 0.15) is 29.0 Å². The molecule has 0 aromatic heterocycles. The van der Waals surface area contributed by atoms with Gasteiger partial charge < -0.3 is 0 Å². The summed E-state index contributed by atoms with van der Waals surface area (Å²) >= 11 is 0. The van der Waals surface area contributed by atoms with E-state index >= 15 is 0 Å². The van der Waals surface area contributed by atoms with Crippen LogP contribution in [0.25, 0.3) is 0 Å². The summed E-state index contributed by atoms with van der Waals surface area (Å²) in [5.41, 5.74) is -0.214. The van der Waals surface area contributed by atoms with Gasteiger partial charge in [-0.25, -0.2) is 0 Å². The monoisotopic (exact) mass is 271 g/mol. The summed E-state index contributed by atoms with van der Waals surface area (Å²) in [5.74, 6) is -1.35. The number of halogens is 3. The number of alkyl halides is 3. The number of hydrogen-bond acceptors (Lipinski definition) is 2. The van der Waals surface area contributed by atoms with Crippen LogP contribution in [0.5, 0.6) is 0 Å². The topological polar surface area (TPSA) is 37.4 Å². The lowest BCUT2D eigenvalue weighted by molar-refractivity contribution is -0.138. The largest absolute Gasteiger partial charge is 0.416 e. The Morgan fingerprint density at radius 3 is 2.32 bits per heavy atom. The minimum absolute atomic E-state index is 0.0140. The third kappa shape index (κ3) is 2.34. The zero-order valence-corrected chi connectivity index (χ0v) is 10.4. The molecule has 0 bridgehead atoms. The molecule has 2 amide bonds. The molecule has 102 valence electrons. The molecular formula is C13H12F3NO2. The van der Waals surface area contributed by atoms with Crippen molar-refractivity contribution in [3.8, 4) is 0 Å². The fourth-order valence-corrected chi connectivity index (χ4v) is 2.24. The van der Waals surface area contributed by atoms with Crippen molar-refractivity contribution in [1.82, 2.24) is 4.90 Å². The number of hydrogen-bond donors (Lipinski definition) is 0. The van der Waals surface area contributed by atoms with Crippen LogP contribution < -0.4 is 0 Å². The zero-order chi connectivity index (χ0) is 14.4. The number of carbonyl (C=O) groups is 2. The fourth-order valence-electron chi connectivity index (χ4n) is 2.24. The normalized spacial score (nSPS) is 20.3. The van der Waals surface area contributed by atoms with Crippen molar-refractivity contribution in [3.05, 3.63) is 34.9 Å². The maximum absolute atomic E-state index is 12.6. The molecule has 1 heterocycles. The highest BCUT2D eigenvalue weighted by Crippen LogP contribution is 2.35. The van der Waals surface area contributed by atoms with Gasteiger partial charge >= 0.3 is 6.18 Å². The first kappa shape index (κ1) is 13.6. The van der Waals surface area contributed by atoms with Crippen LogP contribution in [0.3, 0.4) is 0 Å². The maximum atomic E-state index is 12.6. The van der Waals surface area contributed by atoms with Gasteiger partial charge in [0, 0.05) is 13.5 Å². The molecule has 3 nitrogen and oxygen atoms in total. The SMILES string of the molecule is Cc1cc(C2CC(=O)N(C)C2=O)ccc1C(F)(F)F. The zero-order valence-electron chi connectivity index (χ0n) is 10.4. The lowest BCUT2D eigenvalue weighted by Gasteiger charge is -2.14. The van der Waals surface area contributed by atoms with Crippen molar-refractivity contribution in [2.45, 2.75) is 25.4 Å². The summed E-state index contributed by atoms with van der Waals surface area (Å²) in [6.07, 6.45) is -4.39. The van der Waals surface area contributed by atoms with E-state index in [2.05, 4.69) is 0 Å². The summed E-state index contributed by atoms with van der Waals surface area (Å²) in [6, 6.07) is 3.56. The standard InChI is InChI=1S/C13H12F3NO2/c1-7-5-8(3-4-10(7)13(14,15)16)9-6-11(18)17(2)12(9)19/h3-5,9H,6H2,1-2H3. The second-order valence-corrected chi connectivity index (χ2v) is 4.62. The number of rotatable bonds is 1. The Morgan fingerprint density at radius 1 is 1.26 bits per heavy atom. The lowest BCUT2D eigenvalue weighted by Crippen LogP contribution is -2.25. The van der Waals surface area contributed by atoms with E-state index in [4.69, 9.17) is 0 Å². The average Bonchev–Trinajstić information content (AvgIpc) is 2.55. The Hall–Kier alpha value is -1.85. The van der Waals surface area contributed by atoms with Crippen molar-refractivity contribution in [1.29, 1.82) is 0 Å². The first-order valence-corrected chi connectivity index (χ1v) is 5.70. The molecule has 1 atom stereocenters. The molecule has 19 heavy (non-hydrogen) atoms. The van der Waals surface area contributed by atoms with Gasteiger partial charge in [-0.05, 0) is 24.1 Å². The third-order valence-electron chi connectivity index (χ3n) is 3.34. The van der Waals surface area contributed by atoms with E-state index in [1.165, 1.54) is 26.1 Å². The Bertz CT molecular complexity index is 551. The van der Waals surface area contributed by atoms with E-state index in [0.29, 0.717) is 5.56 Å². The van der Waals surface area contributed by atoms with Crippen molar-refractivity contribution in [2.75, 3.05) is 7.05 Å². The summed E-state index contributed by atoms with van der Waals surface area (Å²) in [7, 11) is 1.38. The minimum Gasteiger partial charge on any atom is -0.285 e. The van der Waals surface area contributed by atoms with E-state index in [9.17, 15) is 22.8 Å². The Labute approximate surface area is 108 Å². The van der Waals surface area contributed by atoms with Crippen molar-refractivity contribution in [2.24, 2.45) is 0 Å². The molecule has 0 N–H and O–H groups in total. The predicted molar refractivity (Wildman–Crippen MR) is 61.3 cm³/mol. The van der Waals surface area contributed by atoms with Crippen LogP contribution in [0.4, 0.5) is 13.2 Å².